The lowest BCUT2D eigenvalue weighted by atomic mass is 10.1. The summed E-state index contributed by atoms with van der Waals surface area (Å²) in [6.07, 6.45) is 0. The van der Waals surface area contributed by atoms with Crippen molar-refractivity contribution in [3.63, 3.8) is 0 Å². The van der Waals surface area contributed by atoms with E-state index >= 15 is 0 Å². The average molecular weight is 298 g/mol. The molecular formula is C15H24ClN3O. The molecule has 5 heteroatoms. The van der Waals surface area contributed by atoms with E-state index in [0.29, 0.717) is 24.7 Å². The SMILES string of the molecule is CCN(CC(=O)NC(C)C)Cc1ccc(CN)cc1Cl. The highest BCUT2D eigenvalue weighted by Crippen LogP contribution is 2.19. The van der Waals surface area contributed by atoms with Gasteiger partial charge in [-0.05, 0) is 37.6 Å². The molecule has 0 aliphatic rings. The third-order valence-electron chi connectivity index (χ3n) is 3.01. The van der Waals surface area contributed by atoms with E-state index in [0.717, 1.165) is 17.7 Å². The molecule has 0 aliphatic carbocycles. The van der Waals surface area contributed by atoms with Crippen molar-refractivity contribution in [2.45, 2.75) is 39.9 Å². The van der Waals surface area contributed by atoms with Gasteiger partial charge >= 0.3 is 0 Å². The molecular weight excluding hydrogens is 274 g/mol. The van der Waals surface area contributed by atoms with E-state index in [1.807, 2.05) is 39.0 Å². The maximum absolute atomic E-state index is 11.8. The average Bonchev–Trinajstić information content (AvgIpc) is 2.38. The van der Waals surface area contributed by atoms with E-state index in [1.165, 1.54) is 0 Å². The third kappa shape index (κ3) is 5.49. The Morgan fingerprint density at radius 2 is 2.15 bits per heavy atom. The van der Waals surface area contributed by atoms with Crippen molar-refractivity contribution in [1.29, 1.82) is 0 Å². The van der Waals surface area contributed by atoms with Crippen molar-refractivity contribution in [1.82, 2.24) is 10.2 Å². The van der Waals surface area contributed by atoms with Gasteiger partial charge in [0.05, 0.1) is 6.54 Å². The Morgan fingerprint density at radius 1 is 1.45 bits per heavy atom. The highest BCUT2D eigenvalue weighted by Gasteiger charge is 2.12. The molecule has 1 rings (SSSR count). The zero-order chi connectivity index (χ0) is 15.1. The first-order valence-corrected chi connectivity index (χ1v) is 7.33. The van der Waals surface area contributed by atoms with E-state index in [2.05, 4.69) is 10.2 Å². The smallest absolute Gasteiger partial charge is 0.234 e. The Morgan fingerprint density at radius 3 is 2.65 bits per heavy atom. The number of hydrogen-bond acceptors (Lipinski definition) is 3. The fraction of sp³-hybridized carbons (Fsp3) is 0.533. The van der Waals surface area contributed by atoms with Crippen LogP contribution in [0, 0.1) is 0 Å². The zero-order valence-electron chi connectivity index (χ0n) is 12.4. The Bertz CT molecular complexity index is 449. The van der Waals surface area contributed by atoms with Crippen LogP contribution in [0.15, 0.2) is 18.2 Å². The summed E-state index contributed by atoms with van der Waals surface area (Å²) in [4.78, 5) is 13.9. The fourth-order valence-corrected chi connectivity index (χ4v) is 2.20. The van der Waals surface area contributed by atoms with Crippen LogP contribution in [0.1, 0.15) is 31.9 Å². The Balaban J connectivity index is 2.66. The van der Waals surface area contributed by atoms with E-state index in [1.54, 1.807) is 0 Å². The van der Waals surface area contributed by atoms with Crippen LogP contribution in [-0.2, 0) is 17.9 Å². The summed E-state index contributed by atoms with van der Waals surface area (Å²) in [5, 5.41) is 3.60. The molecule has 112 valence electrons. The molecule has 1 aromatic carbocycles. The van der Waals surface area contributed by atoms with Crippen LogP contribution in [0.3, 0.4) is 0 Å². The molecule has 1 amide bonds. The monoisotopic (exact) mass is 297 g/mol. The number of halogens is 1. The van der Waals surface area contributed by atoms with Gasteiger partial charge in [-0.15, -0.1) is 0 Å². The largest absolute Gasteiger partial charge is 0.353 e. The Kier molecular flexibility index (Phi) is 6.99. The number of amides is 1. The first-order chi connectivity index (χ1) is 9.46. The standard InChI is InChI=1S/C15H24ClN3O/c1-4-19(10-15(20)18-11(2)3)9-13-6-5-12(8-17)7-14(13)16/h5-7,11H,4,8-10,17H2,1-3H3,(H,18,20). The van der Waals surface area contributed by atoms with Crippen molar-refractivity contribution < 1.29 is 4.79 Å². The minimum atomic E-state index is 0.0385. The lowest BCUT2D eigenvalue weighted by Gasteiger charge is -2.21. The van der Waals surface area contributed by atoms with E-state index < -0.39 is 0 Å². The molecule has 0 heterocycles. The van der Waals surface area contributed by atoms with Gasteiger partial charge in [0, 0.05) is 24.2 Å². The Labute approximate surface area is 126 Å². The van der Waals surface area contributed by atoms with Gasteiger partial charge in [-0.2, -0.15) is 0 Å². The van der Waals surface area contributed by atoms with E-state index in [9.17, 15) is 4.79 Å². The number of nitrogens with zero attached hydrogens (tertiary/aromatic N) is 1. The van der Waals surface area contributed by atoms with Crippen LogP contribution in [0.4, 0.5) is 0 Å². The van der Waals surface area contributed by atoms with Gasteiger partial charge in [0.25, 0.3) is 0 Å². The quantitative estimate of drug-likeness (QED) is 0.811. The van der Waals surface area contributed by atoms with Crippen LogP contribution >= 0.6 is 11.6 Å². The van der Waals surface area contributed by atoms with Crippen LogP contribution < -0.4 is 11.1 Å². The second kappa shape index (κ2) is 8.25. The molecule has 3 N–H and O–H groups in total. The molecule has 0 bridgehead atoms. The first kappa shape index (κ1) is 17.0. The van der Waals surface area contributed by atoms with Crippen LogP contribution in [0.2, 0.25) is 5.02 Å². The Hall–Kier alpha value is -1.10. The fourth-order valence-electron chi connectivity index (χ4n) is 1.94. The molecule has 4 nitrogen and oxygen atoms in total. The number of likely N-dealkylation sites (N-methyl/N-ethyl adjacent to an activating group) is 1. The van der Waals surface area contributed by atoms with Gasteiger partial charge in [0.15, 0.2) is 0 Å². The molecule has 0 saturated carbocycles. The zero-order valence-corrected chi connectivity index (χ0v) is 13.2. The summed E-state index contributed by atoms with van der Waals surface area (Å²) in [5.74, 6) is 0.0385. The van der Waals surface area contributed by atoms with Gasteiger partial charge in [0.1, 0.15) is 0 Å². The van der Waals surface area contributed by atoms with Crippen LogP contribution in [-0.4, -0.2) is 29.9 Å². The summed E-state index contributed by atoms with van der Waals surface area (Å²) in [6, 6.07) is 6.00. The highest BCUT2D eigenvalue weighted by atomic mass is 35.5. The number of carbonyl (C=O) groups is 1. The summed E-state index contributed by atoms with van der Waals surface area (Å²) in [6.45, 7) is 8.25. The van der Waals surface area contributed by atoms with Crippen LogP contribution in [0.5, 0.6) is 0 Å². The van der Waals surface area contributed by atoms with Crippen LogP contribution in [0.25, 0.3) is 0 Å². The van der Waals surface area contributed by atoms with Gasteiger partial charge in [0.2, 0.25) is 5.91 Å². The van der Waals surface area contributed by atoms with E-state index in [-0.39, 0.29) is 11.9 Å². The maximum atomic E-state index is 11.8. The number of carbonyl (C=O) groups excluding carboxylic acids is 1. The number of benzene rings is 1. The van der Waals surface area contributed by atoms with Gasteiger partial charge in [-0.25, -0.2) is 0 Å². The maximum Gasteiger partial charge on any atom is 0.234 e. The number of hydrogen-bond donors (Lipinski definition) is 2. The second-order valence-corrected chi connectivity index (χ2v) is 5.56. The van der Waals surface area contributed by atoms with E-state index in [4.69, 9.17) is 17.3 Å². The summed E-state index contributed by atoms with van der Waals surface area (Å²) >= 11 is 6.25. The highest BCUT2D eigenvalue weighted by molar-refractivity contribution is 6.31. The molecule has 0 atom stereocenters. The summed E-state index contributed by atoms with van der Waals surface area (Å²) in [5.41, 5.74) is 7.62. The molecule has 0 spiro atoms. The lowest BCUT2D eigenvalue weighted by Crippen LogP contribution is -2.39. The lowest BCUT2D eigenvalue weighted by molar-refractivity contribution is -0.122. The second-order valence-electron chi connectivity index (χ2n) is 5.16. The molecule has 0 aliphatic heterocycles. The third-order valence-corrected chi connectivity index (χ3v) is 3.36. The molecule has 0 fully saturated rings. The molecule has 20 heavy (non-hydrogen) atoms. The molecule has 0 aromatic heterocycles. The minimum absolute atomic E-state index is 0.0385. The van der Waals surface area contributed by atoms with Gasteiger partial charge < -0.3 is 11.1 Å². The molecule has 1 aromatic rings. The van der Waals surface area contributed by atoms with Gasteiger partial charge in [-0.1, -0.05) is 30.7 Å². The molecule has 0 radical (unpaired) electrons. The predicted octanol–water partition coefficient (Wildman–Crippen LogP) is 2.15. The van der Waals surface area contributed by atoms with Crippen molar-refractivity contribution in [2.24, 2.45) is 5.73 Å². The first-order valence-electron chi connectivity index (χ1n) is 6.95. The number of nitrogens with two attached hydrogens (primary N) is 1. The topological polar surface area (TPSA) is 58.4 Å². The van der Waals surface area contributed by atoms with Crippen molar-refractivity contribution in [2.75, 3.05) is 13.1 Å². The predicted molar refractivity (Wildman–Crippen MR) is 83.6 cm³/mol. The van der Waals surface area contributed by atoms with Crippen molar-refractivity contribution >= 4 is 17.5 Å². The van der Waals surface area contributed by atoms with Crippen molar-refractivity contribution in [3.05, 3.63) is 34.3 Å². The number of nitrogens with one attached hydrogen (secondary N) is 1. The summed E-state index contributed by atoms with van der Waals surface area (Å²) < 4.78 is 0. The number of rotatable bonds is 7. The molecule has 0 saturated heterocycles. The molecule has 0 unspecified atom stereocenters. The minimum Gasteiger partial charge on any atom is -0.353 e. The van der Waals surface area contributed by atoms with Crippen molar-refractivity contribution in [3.8, 4) is 0 Å². The summed E-state index contributed by atoms with van der Waals surface area (Å²) in [7, 11) is 0. The normalized spacial score (nSPS) is 11.2. The van der Waals surface area contributed by atoms with Gasteiger partial charge in [-0.3, -0.25) is 9.69 Å².